The van der Waals surface area contributed by atoms with Crippen LogP contribution in [0.3, 0.4) is 0 Å². The van der Waals surface area contributed by atoms with Crippen LogP contribution in [0.15, 0.2) is 5.10 Å². The molecule has 0 radical (unpaired) electrons. The molecule has 2 atom stereocenters. The number of carbonyl (C=O) groups excluding carboxylic acids is 1. The Hall–Kier alpha value is -0.860. The number of Topliss-reactive ketones (excluding diaryl/α,β-unsaturated/α-hetero) is 1. The molecule has 2 aliphatic rings. The van der Waals surface area contributed by atoms with Crippen LogP contribution in [0.1, 0.15) is 33.6 Å². The van der Waals surface area contributed by atoms with E-state index in [2.05, 4.69) is 25.9 Å². The van der Waals surface area contributed by atoms with Crippen molar-refractivity contribution in [2.75, 3.05) is 0 Å². The zero-order valence-electron chi connectivity index (χ0n) is 8.42. The first-order valence-electron chi connectivity index (χ1n) is 4.78. The summed E-state index contributed by atoms with van der Waals surface area (Å²) in [6.45, 7) is 6.42. The third-order valence-electron chi connectivity index (χ3n) is 4.43. The quantitative estimate of drug-likeness (QED) is 0.451. The fourth-order valence-electron chi connectivity index (χ4n) is 3.03. The predicted molar refractivity (Wildman–Crippen MR) is 51.2 cm³/mol. The van der Waals surface area contributed by atoms with Crippen LogP contribution in [0.4, 0.5) is 0 Å². The van der Waals surface area contributed by atoms with Gasteiger partial charge in [-0.15, -0.1) is 0 Å². The molecule has 2 aliphatic carbocycles. The molecule has 0 aromatic heterocycles. The Morgan fingerprint density at radius 3 is 2.38 bits per heavy atom. The van der Waals surface area contributed by atoms with Crippen LogP contribution in [0, 0.1) is 16.7 Å². The number of nitrogens with two attached hydrogens (primary N) is 1. The maximum atomic E-state index is 11.8. The van der Waals surface area contributed by atoms with Crippen LogP contribution < -0.4 is 5.84 Å². The summed E-state index contributed by atoms with van der Waals surface area (Å²) in [5.41, 5.74) is 0.583. The summed E-state index contributed by atoms with van der Waals surface area (Å²) >= 11 is 0. The Kier molecular flexibility index (Phi) is 1.44. The maximum Gasteiger partial charge on any atom is 0.183 e. The highest BCUT2D eigenvalue weighted by Crippen LogP contribution is 2.62. The van der Waals surface area contributed by atoms with Crippen molar-refractivity contribution in [3.63, 3.8) is 0 Å². The van der Waals surface area contributed by atoms with Gasteiger partial charge in [-0.3, -0.25) is 4.79 Å². The van der Waals surface area contributed by atoms with E-state index >= 15 is 0 Å². The van der Waals surface area contributed by atoms with Gasteiger partial charge in [-0.1, -0.05) is 20.8 Å². The monoisotopic (exact) mass is 180 g/mol. The lowest BCUT2D eigenvalue weighted by atomic mass is 9.70. The van der Waals surface area contributed by atoms with Crippen molar-refractivity contribution in [1.29, 1.82) is 0 Å². The molecule has 2 rings (SSSR count). The van der Waals surface area contributed by atoms with E-state index in [0.29, 0.717) is 5.71 Å². The fraction of sp³-hybridized carbons (Fsp3) is 0.800. The van der Waals surface area contributed by atoms with Crippen LogP contribution in [0.25, 0.3) is 0 Å². The molecule has 0 saturated heterocycles. The van der Waals surface area contributed by atoms with E-state index in [0.717, 1.165) is 12.8 Å². The number of hydrogen-bond acceptors (Lipinski definition) is 3. The average molecular weight is 180 g/mol. The SMILES string of the molecule is CC12CCC(C(=O)C1=NN)C2(C)C. The molecule has 0 aromatic carbocycles. The van der Waals surface area contributed by atoms with Gasteiger partial charge < -0.3 is 5.84 Å². The lowest BCUT2D eigenvalue weighted by Gasteiger charge is -2.32. The molecule has 2 N–H and O–H groups in total. The first-order chi connectivity index (χ1) is 5.95. The summed E-state index contributed by atoms with van der Waals surface area (Å²) < 4.78 is 0. The molecule has 13 heavy (non-hydrogen) atoms. The Morgan fingerprint density at radius 1 is 1.46 bits per heavy atom. The van der Waals surface area contributed by atoms with Crippen molar-refractivity contribution >= 4 is 11.5 Å². The smallest absolute Gasteiger partial charge is 0.183 e. The Balaban J connectivity index is 2.59. The lowest BCUT2D eigenvalue weighted by molar-refractivity contribution is -0.117. The van der Waals surface area contributed by atoms with Gasteiger partial charge in [0.1, 0.15) is 5.71 Å². The van der Waals surface area contributed by atoms with E-state index in [4.69, 9.17) is 5.84 Å². The summed E-state index contributed by atoms with van der Waals surface area (Å²) in [5.74, 6) is 5.62. The molecule has 2 bridgehead atoms. The van der Waals surface area contributed by atoms with Gasteiger partial charge in [0, 0.05) is 11.3 Å². The Labute approximate surface area is 78.4 Å². The number of ketones is 1. The highest BCUT2D eigenvalue weighted by Gasteiger charge is 2.64. The molecule has 2 unspecified atom stereocenters. The van der Waals surface area contributed by atoms with Crippen molar-refractivity contribution in [2.45, 2.75) is 33.6 Å². The molecule has 2 fully saturated rings. The summed E-state index contributed by atoms with van der Waals surface area (Å²) in [4.78, 5) is 11.8. The third-order valence-corrected chi connectivity index (χ3v) is 4.43. The number of carbonyl (C=O) groups is 1. The predicted octanol–water partition coefficient (Wildman–Crippen LogP) is 1.33. The van der Waals surface area contributed by atoms with Crippen LogP contribution in [0.5, 0.6) is 0 Å². The van der Waals surface area contributed by atoms with Gasteiger partial charge in [-0.25, -0.2) is 0 Å². The highest BCUT2D eigenvalue weighted by atomic mass is 16.1. The topological polar surface area (TPSA) is 55.5 Å². The lowest BCUT2D eigenvalue weighted by Crippen LogP contribution is -2.34. The van der Waals surface area contributed by atoms with Crippen molar-refractivity contribution in [3.8, 4) is 0 Å². The average Bonchev–Trinajstić information content (AvgIpc) is 2.32. The van der Waals surface area contributed by atoms with Gasteiger partial charge in [0.2, 0.25) is 0 Å². The van der Waals surface area contributed by atoms with E-state index < -0.39 is 0 Å². The molecule has 0 amide bonds. The molecule has 0 spiro atoms. The Bertz CT molecular complexity index is 306. The molecule has 72 valence electrons. The summed E-state index contributed by atoms with van der Waals surface area (Å²) in [7, 11) is 0. The minimum atomic E-state index is -0.0799. The van der Waals surface area contributed by atoms with Crippen LogP contribution >= 0.6 is 0 Å². The first kappa shape index (κ1) is 8.73. The van der Waals surface area contributed by atoms with Crippen molar-refractivity contribution in [3.05, 3.63) is 0 Å². The Morgan fingerprint density at radius 2 is 2.08 bits per heavy atom. The van der Waals surface area contributed by atoms with Gasteiger partial charge in [0.15, 0.2) is 5.78 Å². The summed E-state index contributed by atoms with van der Waals surface area (Å²) in [5, 5.41) is 3.69. The number of rotatable bonds is 0. The highest BCUT2D eigenvalue weighted by molar-refractivity contribution is 6.45. The molecule has 3 nitrogen and oxygen atoms in total. The zero-order chi connectivity index (χ0) is 9.85. The first-order valence-corrected chi connectivity index (χ1v) is 4.78. The van der Waals surface area contributed by atoms with Crippen molar-refractivity contribution < 1.29 is 4.79 Å². The maximum absolute atomic E-state index is 11.8. The number of nitrogens with zero attached hydrogens (tertiary/aromatic N) is 1. The zero-order valence-corrected chi connectivity index (χ0v) is 8.42. The molecular weight excluding hydrogens is 164 g/mol. The fourth-order valence-corrected chi connectivity index (χ4v) is 3.03. The molecule has 2 saturated carbocycles. The minimum absolute atomic E-state index is 0.0439. The second kappa shape index (κ2) is 2.14. The molecule has 0 aliphatic heterocycles. The largest absolute Gasteiger partial charge is 0.323 e. The summed E-state index contributed by atoms with van der Waals surface area (Å²) in [6.07, 6.45) is 2.05. The standard InChI is InChI=1S/C10H16N2O/c1-9(2)6-4-5-10(9,3)8(12-11)7(6)13/h6H,4-5,11H2,1-3H3. The van der Waals surface area contributed by atoms with Gasteiger partial charge in [-0.2, -0.15) is 5.10 Å². The minimum Gasteiger partial charge on any atom is -0.323 e. The normalized spacial score (nSPS) is 44.7. The number of fused-ring (bicyclic) bond motifs is 2. The van der Waals surface area contributed by atoms with E-state index in [1.807, 2.05) is 0 Å². The van der Waals surface area contributed by atoms with E-state index in [-0.39, 0.29) is 22.5 Å². The summed E-state index contributed by atoms with van der Waals surface area (Å²) in [6, 6.07) is 0. The van der Waals surface area contributed by atoms with Crippen LogP contribution in [-0.2, 0) is 4.79 Å². The second-order valence-electron chi connectivity index (χ2n) is 4.99. The van der Waals surface area contributed by atoms with Gasteiger partial charge in [0.25, 0.3) is 0 Å². The van der Waals surface area contributed by atoms with Gasteiger partial charge in [-0.05, 0) is 18.3 Å². The van der Waals surface area contributed by atoms with Gasteiger partial charge >= 0.3 is 0 Å². The molecule has 3 heteroatoms. The van der Waals surface area contributed by atoms with Crippen molar-refractivity contribution in [1.82, 2.24) is 0 Å². The van der Waals surface area contributed by atoms with E-state index in [1.54, 1.807) is 0 Å². The van der Waals surface area contributed by atoms with Crippen molar-refractivity contribution in [2.24, 2.45) is 27.7 Å². The number of hydrogen-bond donors (Lipinski definition) is 1. The molecule has 0 aromatic rings. The van der Waals surface area contributed by atoms with E-state index in [9.17, 15) is 4.79 Å². The third kappa shape index (κ3) is 0.713. The molecular formula is C10H16N2O. The number of hydrazone groups is 1. The molecule has 0 heterocycles. The second-order valence-corrected chi connectivity index (χ2v) is 4.99. The van der Waals surface area contributed by atoms with Gasteiger partial charge in [0.05, 0.1) is 0 Å². The van der Waals surface area contributed by atoms with E-state index in [1.165, 1.54) is 0 Å². The van der Waals surface area contributed by atoms with Crippen LogP contribution in [0.2, 0.25) is 0 Å². The van der Waals surface area contributed by atoms with Crippen LogP contribution in [-0.4, -0.2) is 11.5 Å².